The van der Waals surface area contributed by atoms with Crippen molar-refractivity contribution in [2.24, 2.45) is 0 Å². The summed E-state index contributed by atoms with van der Waals surface area (Å²) in [5, 5.41) is 9.43. The number of rotatable bonds is 3. The van der Waals surface area contributed by atoms with Crippen molar-refractivity contribution in [3.63, 3.8) is 0 Å². The van der Waals surface area contributed by atoms with E-state index in [0.29, 0.717) is 11.1 Å². The largest absolute Gasteiger partial charge is 0.493 e. The van der Waals surface area contributed by atoms with Crippen LogP contribution in [0.25, 0.3) is 11.1 Å². The SMILES string of the molecule is Oc1nc(Oc2cccc(C(F)(F)F)c2Cl)ncc1-c1ccccc1. The van der Waals surface area contributed by atoms with E-state index in [0.717, 1.165) is 12.1 Å². The second-order valence-electron chi connectivity index (χ2n) is 4.97. The zero-order chi connectivity index (χ0) is 18.0. The van der Waals surface area contributed by atoms with E-state index < -0.39 is 16.8 Å². The average Bonchev–Trinajstić information content (AvgIpc) is 2.56. The minimum absolute atomic E-state index is 0.261. The number of benzene rings is 2. The fourth-order valence-electron chi connectivity index (χ4n) is 2.13. The minimum Gasteiger partial charge on any atom is -0.493 e. The van der Waals surface area contributed by atoms with Crippen molar-refractivity contribution in [1.82, 2.24) is 9.97 Å². The van der Waals surface area contributed by atoms with Crippen LogP contribution >= 0.6 is 11.6 Å². The summed E-state index contributed by atoms with van der Waals surface area (Å²) in [6, 6.07) is 11.8. The summed E-state index contributed by atoms with van der Waals surface area (Å²) in [5.74, 6) is -0.623. The van der Waals surface area contributed by atoms with Crippen LogP contribution < -0.4 is 4.74 Å². The maximum absolute atomic E-state index is 12.9. The van der Waals surface area contributed by atoms with E-state index in [4.69, 9.17) is 16.3 Å². The number of ether oxygens (including phenoxy) is 1. The Balaban J connectivity index is 1.91. The normalized spacial score (nSPS) is 11.4. The standard InChI is InChI=1S/C17H10ClF3N2O2/c18-14-12(17(19,20)21)7-4-8-13(14)25-16-22-9-11(15(24)23-16)10-5-2-1-3-6-10/h1-9H,(H,22,23,24). The maximum atomic E-state index is 12.9. The highest BCUT2D eigenvalue weighted by Crippen LogP contribution is 2.40. The predicted octanol–water partition coefficient (Wildman–Crippen LogP) is 5.31. The lowest BCUT2D eigenvalue weighted by Crippen LogP contribution is -2.06. The molecule has 0 saturated heterocycles. The summed E-state index contributed by atoms with van der Waals surface area (Å²) in [6.07, 6.45) is -3.30. The van der Waals surface area contributed by atoms with Crippen molar-refractivity contribution in [3.8, 4) is 28.8 Å². The van der Waals surface area contributed by atoms with Crippen LogP contribution in [0.2, 0.25) is 5.02 Å². The number of hydrogen-bond donors (Lipinski definition) is 1. The minimum atomic E-state index is -4.61. The van der Waals surface area contributed by atoms with E-state index in [2.05, 4.69) is 9.97 Å². The Bertz CT molecular complexity index is 902. The first-order valence-electron chi connectivity index (χ1n) is 7.01. The van der Waals surface area contributed by atoms with Gasteiger partial charge in [0.1, 0.15) is 5.75 Å². The smallest absolute Gasteiger partial charge is 0.417 e. The molecule has 0 saturated carbocycles. The molecule has 0 aliphatic heterocycles. The van der Waals surface area contributed by atoms with Gasteiger partial charge in [-0.25, -0.2) is 4.98 Å². The number of aromatic hydroxyl groups is 1. The second-order valence-corrected chi connectivity index (χ2v) is 5.35. The number of aromatic nitrogens is 2. The molecular weight excluding hydrogens is 357 g/mol. The third kappa shape index (κ3) is 3.66. The van der Waals surface area contributed by atoms with Crippen molar-refractivity contribution in [2.75, 3.05) is 0 Å². The van der Waals surface area contributed by atoms with Crippen LogP contribution in [0, 0.1) is 0 Å². The van der Waals surface area contributed by atoms with Crippen LogP contribution in [0.1, 0.15) is 5.56 Å². The molecule has 0 unspecified atom stereocenters. The van der Waals surface area contributed by atoms with E-state index >= 15 is 0 Å². The molecule has 0 atom stereocenters. The highest BCUT2D eigenvalue weighted by Gasteiger charge is 2.34. The Kier molecular flexibility index (Phi) is 4.50. The summed E-state index contributed by atoms with van der Waals surface area (Å²) in [5.41, 5.74) is 0.0172. The molecule has 3 rings (SSSR count). The quantitative estimate of drug-likeness (QED) is 0.682. The molecule has 3 aromatic rings. The third-order valence-corrected chi connectivity index (χ3v) is 3.69. The predicted molar refractivity (Wildman–Crippen MR) is 85.7 cm³/mol. The zero-order valence-corrected chi connectivity index (χ0v) is 13.2. The number of hydrogen-bond acceptors (Lipinski definition) is 4. The Hall–Kier alpha value is -2.80. The van der Waals surface area contributed by atoms with E-state index in [9.17, 15) is 18.3 Å². The Morgan fingerprint density at radius 1 is 1.00 bits per heavy atom. The number of nitrogens with zero attached hydrogens (tertiary/aromatic N) is 2. The third-order valence-electron chi connectivity index (χ3n) is 3.30. The van der Waals surface area contributed by atoms with Gasteiger partial charge in [0.15, 0.2) is 0 Å². The molecule has 1 N–H and O–H groups in total. The Morgan fingerprint density at radius 3 is 2.36 bits per heavy atom. The van der Waals surface area contributed by atoms with Crippen molar-refractivity contribution >= 4 is 11.6 Å². The number of halogens is 4. The molecule has 1 aromatic heterocycles. The van der Waals surface area contributed by atoms with Gasteiger partial charge < -0.3 is 9.84 Å². The van der Waals surface area contributed by atoms with Gasteiger partial charge in [-0.05, 0) is 17.7 Å². The molecule has 25 heavy (non-hydrogen) atoms. The van der Waals surface area contributed by atoms with Gasteiger partial charge in [0.2, 0.25) is 5.88 Å². The van der Waals surface area contributed by atoms with Gasteiger partial charge in [-0.1, -0.05) is 48.0 Å². The van der Waals surface area contributed by atoms with Crippen LogP contribution in [0.15, 0.2) is 54.7 Å². The lowest BCUT2D eigenvalue weighted by molar-refractivity contribution is -0.137. The zero-order valence-electron chi connectivity index (χ0n) is 12.5. The molecular formula is C17H10ClF3N2O2. The van der Waals surface area contributed by atoms with Crippen LogP contribution in [0.5, 0.6) is 17.6 Å². The van der Waals surface area contributed by atoms with Crippen molar-refractivity contribution in [3.05, 3.63) is 65.3 Å². The Morgan fingerprint density at radius 2 is 1.72 bits per heavy atom. The molecule has 4 nitrogen and oxygen atoms in total. The van der Waals surface area contributed by atoms with Gasteiger partial charge in [-0.3, -0.25) is 0 Å². The van der Waals surface area contributed by atoms with Gasteiger partial charge in [0.05, 0.1) is 16.1 Å². The molecule has 0 amide bonds. The monoisotopic (exact) mass is 366 g/mol. The topological polar surface area (TPSA) is 55.2 Å². The molecule has 0 aliphatic carbocycles. The molecule has 0 aliphatic rings. The Labute approximate surface area is 145 Å². The van der Waals surface area contributed by atoms with Gasteiger partial charge in [0, 0.05) is 6.20 Å². The molecule has 0 fully saturated rings. The molecule has 1 heterocycles. The van der Waals surface area contributed by atoms with Crippen molar-refractivity contribution in [2.45, 2.75) is 6.18 Å². The lowest BCUT2D eigenvalue weighted by atomic mass is 10.1. The van der Waals surface area contributed by atoms with Crippen molar-refractivity contribution in [1.29, 1.82) is 0 Å². The summed E-state index contributed by atoms with van der Waals surface area (Å²) in [7, 11) is 0. The average molecular weight is 367 g/mol. The molecule has 0 bridgehead atoms. The molecule has 2 aromatic carbocycles. The van der Waals surface area contributed by atoms with Gasteiger partial charge >= 0.3 is 12.2 Å². The van der Waals surface area contributed by atoms with E-state index in [1.807, 2.05) is 6.07 Å². The first-order chi connectivity index (χ1) is 11.9. The molecule has 8 heteroatoms. The summed E-state index contributed by atoms with van der Waals surface area (Å²) < 4.78 is 43.8. The van der Waals surface area contributed by atoms with Crippen LogP contribution in [-0.2, 0) is 6.18 Å². The van der Waals surface area contributed by atoms with E-state index in [1.54, 1.807) is 24.3 Å². The van der Waals surface area contributed by atoms with Gasteiger partial charge in [-0.15, -0.1) is 0 Å². The fraction of sp³-hybridized carbons (Fsp3) is 0.0588. The van der Waals surface area contributed by atoms with Crippen LogP contribution in [0.4, 0.5) is 13.2 Å². The van der Waals surface area contributed by atoms with E-state index in [-0.39, 0.29) is 17.6 Å². The van der Waals surface area contributed by atoms with Crippen molar-refractivity contribution < 1.29 is 23.0 Å². The maximum Gasteiger partial charge on any atom is 0.417 e. The van der Waals surface area contributed by atoms with Gasteiger partial charge in [0.25, 0.3) is 0 Å². The first-order valence-corrected chi connectivity index (χ1v) is 7.39. The summed E-state index contributed by atoms with van der Waals surface area (Å²) in [4.78, 5) is 7.67. The van der Waals surface area contributed by atoms with E-state index in [1.165, 1.54) is 12.3 Å². The fourth-order valence-corrected chi connectivity index (χ4v) is 2.41. The summed E-state index contributed by atoms with van der Waals surface area (Å²) in [6.45, 7) is 0. The highest BCUT2D eigenvalue weighted by atomic mass is 35.5. The summed E-state index contributed by atoms with van der Waals surface area (Å²) >= 11 is 5.75. The molecule has 128 valence electrons. The second kappa shape index (κ2) is 6.60. The van der Waals surface area contributed by atoms with Crippen LogP contribution in [-0.4, -0.2) is 15.1 Å². The first kappa shape index (κ1) is 17.0. The number of alkyl halides is 3. The molecule has 0 spiro atoms. The van der Waals surface area contributed by atoms with Crippen LogP contribution in [0.3, 0.4) is 0 Å². The lowest BCUT2D eigenvalue weighted by Gasteiger charge is -2.12. The van der Waals surface area contributed by atoms with Gasteiger partial charge in [-0.2, -0.15) is 18.2 Å². The molecule has 0 radical (unpaired) electrons. The highest BCUT2D eigenvalue weighted by molar-refractivity contribution is 6.32.